The SMILES string of the molecule is CC(C)CCC[C@@H](C)C1CC[C@H]2C3CC=C4C[C@@H](N=[N+]=[N-])CCC4(C)C3CCC12C. The Bertz CT molecular complexity index is 705. The highest BCUT2D eigenvalue weighted by atomic mass is 15.1. The molecule has 0 N–H and O–H groups in total. The van der Waals surface area contributed by atoms with E-state index in [2.05, 4.69) is 50.7 Å². The highest BCUT2D eigenvalue weighted by Crippen LogP contribution is 2.67. The number of nitrogens with zero attached hydrogens (tertiary/aromatic N) is 3. The zero-order valence-corrected chi connectivity index (χ0v) is 20.2. The van der Waals surface area contributed by atoms with E-state index < -0.39 is 0 Å². The van der Waals surface area contributed by atoms with Gasteiger partial charge >= 0.3 is 0 Å². The van der Waals surface area contributed by atoms with Crippen LogP contribution in [0.15, 0.2) is 16.8 Å². The van der Waals surface area contributed by atoms with Crippen LogP contribution in [0.2, 0.25) is 0 Å². The summed E-state index contributed by atoms with van der Waals surface area (Å²) >= 11 is 0. The summed E-state index contributed by atoms with van der Waals surface area (Å²) in [4.78, 5) is 3.11. The van der Waals surface area contributed by atoms with Gasteiger partial charge in [0.05, 0.1) is 0 Å². The Morgan fingerprint density at radius 2 is 1.87 bits per heavy atom. The maximum atomic E-state index is 8.89. The van der Waals surface area contributed by atoms with Gasteiger partial charge in [-0.1, -0.05) is 70.6 Å². The zero-order chi connectivity index (χ0) is 21.5. The highest BCUT2D eigenvalue weighted by Gasteiger charge is 2.59. The Hall–Kier alpha value is -0.950. The Balaban J connectivity index is 1.49. The van der Waals surface area contributed by atoms with Crippen LogP contribution in [0, 0.1) is 46.3 Å². The zero-order valence-electron chi connectivity index (χ0n) is 20.2. The number of azide groups is 1. The van der Waals surface area contributed by atoms with Crippen molar-refractivity contribution in [3.05, 3.63) is 22.1 Å². The van der Waals surface area contributed by atoms with Crippen molar-refractivity contribution in [3.8, 4) is 0 Å². The average Bonchev–Trinajstić information content (AvgIpc) is 3.05. The Morgan fingerprint density at radius 1 is 1.07 bits per heavy atom. The molecule has 30 heavy (non-hydrogen) atoms. The molecule has 3 heteroatoms. The van der Waals surface area contributed by atoms with Crippen molar-refractivity contribution in [1.82, 2.24) is 0 Å². The van der Waals surface area contributed by atoms with Gasteiger partial charge in [-0.25, -0.2) is 0 Å². The maximum absolute atomic E-state index is 8.89. The monoisotopic (exact) mass is 411 g/mol. The Kier molecular flexibility index (Phi) is 6.33. The number of fused-ring (bicyclic) bond motifs is 5. The molecule has 0 aromatic heterocycles. The van der Waals surface area contributed by atoms with Crippen molar-refractivity contribution in [2.75, 3.05) is 0 Å². The molecule has 8 atom stereocenters. The smallest absolute Gasteiger partial charge is 0.0411 e. The van der Waals surface area contributed by atoms with Gasteiger partial charge in [-0.3, -0.25) is 0 Å². The van der Waals surface area contributed by atoms with Crippen molar-refractivity contribution in [3.63, 3.8) is 0 Å². The topological polar surface area (TPSA) is 48.8 Å². The molecule has 0 amide bonds. The van der Waals surface area contributed by atoms with Gasteiger partial charge in [-0.15, -0.1) is 0 Å². The molecule has 0 heterocycles. The third-order valence-electron chi connectivity index (χ3n) is 10.5. The van der Waals surface area contributed by atoms with Gasteiger partial charge in [0.2, 0.25) is 0 Å². The normalized spacial score (nSPS) is 43.8. The largest absolute Gasteiger partial charge is 0.0903 e. The average molecular weight is 412 g/mol. The van der Waals surface area contributed by atoms with E-state index in [1.165, 1.54) is 57.8 Å². The summed E-state index contributed by atoms with van der Waals surface area (Å²) in [6.45, 7) is 12.5. The van der Waals surface area contributed by atoms with Gasteiger partial charge in [0, 0.05) is 11.0 Å². The summed E-state index contributed by atoms with van der Waals surface area (Å²) in [5, 5.41) is 4.08. The van der Waals surface area contributed by atoms with Gasteiger partial charge in [0.15, 0.2) is 0 Å². The molecule has 4 rings (SSSR count). The molecule has 5 unspecified atom stereocenters. The lowest BCUT2D eigenvalue weighted by Gasteiger charge is -2.58. The van der Waals surface area contributed by atoms with Crippen LogP contribution in [0.4, 0.5) is 0 Å². The molecule has 4 aliphatic rings. The Labute approximate surface area is 185 Å². The quantitative estimate of drug-likeness (QED) is 0.182. The first-order chi connectivity index (χ1) is 14.3. The van der Waals surface area contributed by atoms with Crippen LogP contribution in [0.1, 0.15) is 105 Å². The number of hydrogen-bond acceptors (Lipinski definition) is 1. The van der Waals surface area contributed by atoms with Gasteiger partial charge in [-0.05, 0) is 103 Å². The fourth-order valence-electron chi connectivity index (χ4n) is 8.84. The predicted molar refractivity (Wildman–Crippen MR) is 126 cm³/mol. The van der Waals surface area contributed by atoms with Crippen LogP contribution in [0.25, 0.3) is 10.4 Å². The molecule has 0 aliphatic heterocycles. The highest BCUT2D eigenvalue weighted by molar-refractivity contribution is 5.26. The maximum Gasteiger partial charge on any atom is 0.0411 e. The third kappa shape index (κ3) is 3.74. The van der Waals surface area contributed by atoms with Gasteiger partial charge < -0.3 is 0 Å². The molecule has 3 nitrogen and oxygen atoms in total. The summed E-state index contributed by atoms with van der Waals surface area (Å²) in [7, 11) is 0. The standard InChI is InChI=1S/C27H45N3/c1-18(2)7-6-8-19(3)23-11-12-24-22-10-9-20-17-21(29-30-28)13-15-26(20,4)25(22)14-16-27(23,24)5/h9,18-19,21-25H,6-8,10-17H2,1-5H3/t19-,21+,22?,23?,24+,25?,26?,27?/m1/s1. The minimum absolute atomic E-state index is 0.197. The molecule has 3 fully saturated rings. The molecule has 3 saturated carbocycles. The summed E-state index contributed by atoms with van der Waals surface area (Å²) < 4.78 is 0. The van der Waals surface area contributed by atoms with Crippen LogP contribution in [0.5, 0.6) is 0 Å². The van der Waals surface area contributed by atoms with Crippen LogP contribution >= 0.6 is 0 Å². The van der Waals surface area contributed by atoms with Crippen molar-refractivity contribution in [1.29, 1.82) is 0 Å². The molecule has 0 aromatic carbocycles. The van der Waals surface area contributed by atoms with Crippen molar-refractivity contribution in [2.45, 2.75) is 111 Å². The lowest BCUT2D eigenvalue weighted by molar-refractivity contribution is -0.0508. The first-order valence-corrected chi connectivity index (χ1v) is 13.0. The van der Waals surface area contributed by atoms with E-state index in [0.29, 0.717) is 10.8 Å². The van der Waals surface area contributed by atoms with Crippen LogP contribution < -0.4 is 0 Å². The minimum Gasteiger partial charge on any atom is -0.0903 e. The lowest BCUT2D eigenvalue weighted by atomic mass is 9.47. The summed E-state index contributed by atoms with van der Waals surface area (Å²) in [5.41, 5.74) is 11.5. The van der Waals surface area contributed by atoms with Crippen LogP contribution in [0.3, 0.4) is 0 Å². The molecule has 4 aliphatic carbocycles. The summed E-state index contributed by atoms with van der Waals surface area (Å²) in [6, 6.07) is 0.197. The molecule has 0 aromatic rings. The lowest BCUT2D eigenvalue weighted by Crippen LogP contribution is -2.50. The summed E-state index contributed by atoms with van der Waals surface area (Å²) in [6.07, 6.45) is 17.3. The van der Waals surface area contributed by atoms with Crippen LogP contribution in [-0.2, 0) is 0 Å². The predicted octanol–water partition coefficient (Wildman–Crippen LogP) is 8.71. The third-order valence-corrected chi connectivity index (χ3v) is 10.5. The van der Waals surface area contributed by atoms with Crippen molar-refractivity contribution < 1.29 is 0 Å². The molecule has 0 radical (unpaired) electrons. The molecule has 0 spiro atoms. The van der Waals surface area contributed by atoms with E-state index in [0.717, 1.165) is 48.3 Å². The van der Waals surface area contributed by atoms with Crippen LogP contribution in [-0.4, -0.2) is 6.04 Å². The molecule has 168 valence electrons. The van der Waals surface area contributed by atoms with Gasteiger partial charge in [0.1, 0.15) is 0 Å². The number of rotatable bonds is 6. The van der Waals surface area contributed by atoms with E-state index >= 15 is 0 Å². The van der Waals surface area contributed by atoms with E-state index in [-0.39, 0.29) is 6.04 Å². The minimum atomic E-state index is 0.197. The van der Waals surface area contributed by atoms with Gasteiger partial charge in [0.25, 0.3) is 0 Å². The molecular weight excluding hydrogens is 366 g/mol. The number of hydrogen-bond donors (Lipinski definition) is 0. The fraction of sp³-hybridized carbons (Fsp3) is 0.926. The molecular formula is C27H45N3. The Morgan fingerprint density at radius 3 is 2.60 bits per heavy atom. The fourth-order valence-corrected chi connectivity index (χ4v) is 8.84. The van der Waals surface area contributed by atoms with Crippen molar-refractivity contribution in [2.24, 2.45) is 51.5 Å². The van der Waals surface area contributed by atoms with E-state index in [1.807, 2.05) is 0 Å². The van der Waals surface area contributed by atoms with E-state index in [4.69, 9.17) is 5.53 Å². The molecule has 0 bridgehead atoms. The second kappa shape index (κ2) is 8.53. The summed E-state index contributed by atoms with van der Waals surface area (Å²) in [5.74, 6) is 5.35. The first-order valence-electron chi connectivity index (χ1n) is 13.0. The van der Waals surface area contributed by atoms with Gasteiger partial charge in [-0.2, -0.15) is 0 Å². The molecule has 0 saturated heterocycles. The van der Waals surface area contributed by atoms with Crippen molar-refractivity contribution >= 4 is 0 Å². The van der Waals surface area contributed by atoms with E-state index in [9.17, 15) is 0 Å². The second-order valence-corrected chi connectivity index (χ2v) is 12.4. The first kappa shape index (κ1) is 22.3. The second-order valence-electron chi connectivity index (χ2n) is 12.4. The van der Waals surface area contributed by atoms with E-state index in [1.54, 1.807) is 5.57 Å². The number of allylic oxidation sites excluding steroid dienone is 1.